The van der Waals surface area contributed by atoms with Crippen LogP contribution in [-0.4, -0.2) is 18.7 Å². The van der Waals surface area contributed by atoms with Gasteiger partial charge in [-0.25, -0.2) is 9.59 Å². The molecule has 1 heterocycles. The van der Waals surface area contributed by atoms with Gasteiger partial charge in [0, 0.05) is 5.69 Å². The van der Waals surface area contributed by atoms with Crippen LogP contribution in [0.5, 0.6) is 0 Å². The van der Waals surface area contributed by atoms with Crippen LogP contribution in [0.15, 0.2) is 77.4 Å². The van der Waals surface area contributed by atoms with E-state index in [4.69, 9.17) is 19.9 Å². The van der Waals surface area contributed by atoms with Gasteiger partial charge in [0.15, 0.2) is 0 Å². The first-order valence-corrected chi connectivity index (χ1v) is 9.97. The smallest absolute Gasteiger partial charge is 0.411 e. The molecule has 2 aromatic carbocycles. The summed E-state index contributed by atoms with van der Waals surface area (Å²) in [6, 6.07) is 18.0. The van der Waals surface area contributed by atoms with Gasteiger partial charge in [-0.2, -0.15) is 5.26 Å². The molecule has 0 aliphatic carbocycles. The number of carbonyl (C=O) groups is 2. The van der Waals surface area contributed by atoms with Gasteiger partial charge in [-0.05, 0) is 37.1 Å². The lowest BCUT2D eigenvalue weighted by atomic mass is 9.83. The molecule has 0 spiro atoms. The lowest BCUT2D eigenvalue weighted by Crippen LogP contribution is -2.25. The Morgan fingerprint density at radius 2 is 1.81 bits per heavy atom. The number of benzene rings is 2. The van der Waals surface area contributed by atoms with Crippen LogP contribution >= 0.6 is 0 Å². The van der Waals surface area contributed by atoms with Crippen molar-refractivity contribution in [2.45, 2.75) is 26.4 Å². The number of nitriles is 1. The molecule has 32 heavy (non-hydrogen) atoms. The molecule has 8 nitrogen and oxygen atoms in total. The first-order chi connectivity index (χ1) is 15.4. The van der Waals surface area contributed by atoms with Crippen LogP contribution in [0.2, 0.25) is 0 Å². The number of hydrogen-bond acceptors (Lipinski definition) is 7. The van der Waals surface area contributed by atoms with Gasteiger partial charge in [0.2, 0.25) is 5.88 Å². The minimum Gasteiger partial charge on any atom is -0.463 e. The van der Waals surface area contributed by atoms with Gasteiger partial charge in [0.1, 0.15) is 24.0 Å². The highest BCUT2D eigenvalue weighted by molar-refractivity contribution is 5.92. The van der Waals surface area contributed by atoms with E-state index in [1.807, 2.05) is 36.4 Å². The first-order valence-electron chi connectivity index (χ1n) is 9.97. The minimum absolute atomic E-state index is 0.0604. The van der Waals surface area contributed by atoms with Crippen molar-refractivity contribution in [2.75, 3.05) is 11.9 Å². The van der Waals surface area contributed by atoms with Crippen molar-refractivity contribution in [3.8, 4) is 6.07 Å². The predicted octanol–water partition coefficient (Wildman–Crippen LogP) is 4.08. The van der Waals surface area contributed by atoms with Crippen LogP contribution in [0.3, 0.4) is 0 Å². The van der Waals surface area contributed by atoms with Crippen molar-refractivity contribution in [2.24, 2.45) is 5.73 Å². The van der Waals surface area contributed by atoms with E-state index in [2.05, 4.69) is 5.32 Å². The zero-order chi connectivity index (χ0) is 23.1. The summed E-state index contributed by atoms with van der Waals surface area (Å²) in [5.41, 5.74) is 8.21. The molecule has 1 unspecified atom stereocenters. The van der Waals surface area contributed by atoms with Crippen molar-refractivity contribution in [1.82, 2.24) is 0 Å². The van der Waals surface area contributed by atoms with Gasteiger partial charge in [0.05, 0.1) is 18.1 Å². The van der Waals surface area contributed by atoms with Gasteiger partial charge >= 0.3 is 12.1 Å². The van der Waals surface area contributed by atoms with E-state index in [9.17, 15) is 14.9 Å². The van der Waals surface area contributed by atoms with Gasteiger partial charge in [0.25, 0.3) is 0 Å². The molecule has 1 atom stereocenters. The van der Waals surface area contributed by atoms with Gasteiger partial charge < -0.3 is 19.9 Å². The molecule has 0 saturated carbocycles. The van der Waals surface area contributed by atoms with Crippen molar-refractivity contribution in [3.63, 3.8) is 0 Å². The Kier molecular flexibility index (Phi) is 7.13. The van der Waals surface area contributed by atoms with E-state index in [0.29, 0.717) is 11.3 Å². The SMILES string of the molecule is CCOC(=O)C1=C(C)OC(N)=C(C#N)C1c1ccc(NC(=O)OCc2ccccc2)cc1. The van der Waals surface area contributed by atoms with Crippen LogP contribution in [0.1, 0.15) is 30.9 Å². The Morgan fingerprint density at radius 1 is 1.12 bits per heavy atom. The molecule has 1 aliphatic heterocycles. The number of amides is 1. The number of allylic oxidation sites excluding steroid dienone is 2. The highest BCUT2D eigenvalue weighted by Crippen LogP contribution is 2.39. The number of hydrogen-bond donors (Lipinski definition) is 2. The van der Waals surface area contributed by atoms with Gasteiger partial charge in [-0.1, -0.05) is 42.5 Å². The van der Waals surface area contributed by atoms with Crippen molar-refractivity contribution in [3.05, 3.63) is 88.5 Å². The van der Waals surface area contributed by atoms with Crippen molar-refractivity contribution < 1.29 is 23.8 Å². The summed E-state index contributed by atoms with van der Waals surface area (Å²) in [6.07, 6.45) is -0.600. The topological polar surface area (TPSA) is 124 Å². The second-order valence-electron chi connectivity index (χ2n) is 6.92. The molecule has 8 heteroatoms. The maximum absolute atomic E-state index is 12.6. The maximum atomic E-state index is 12.6. The number of nitrogens with one attached hydrogen (secondary N) is 1. The van der Waals surface area contributed by atoms with Crippen molar-refractivity contribution in [1.29, 1.82) is 5.26 Å². The van der Waals surface area contributed by atoms with Gasteiger partial charge in [-0.3, -0.25) is 5.32 Å². The number of nitrogens with zero attached hydrogens (tertiary/aromatic N) is 1. The third kappa shape index (κ3) is 5.08. The van der Waals surface area contributed by atoms with E-state index in [1.54, 1.807) is 38.1 Å². The van der Waals surface area contributed by atoms with Crippen LogP contribution < -0.4 is 11.1 Å². The maximum Gasteiger partial charge on any atom is 0.411 e. The number of carbonyl (C=O) groups excluding carboxylic acids is 2. The largest absolute Gasteiger partial charge is 0.463 e. The number of esters is 1. The molecule has 3 N–H and O–H groups in total. The van der Waals surface area contributed by atoms with E-state index >= 15 is 0 Å². The second-order valence-corrected chi connectivity index (χ2v) is 6.92. The fraction of sp³-hybridized carbons (Fsp3) is 0.208. The number of anilines is 1. The lowest BCUT2D eigenvalue weighted by Gasteiger charge is -2.26. The molecule has 0 aromatic heterocycles. The van der Waals surface area contributed by atoms with Gasteiger partial charge in [-0.15, -0.1) is 0 Å². The number of rotatable bonds is 6. The molecule has 0 saturated heterocycles. The summed E-state index contributed by atoms with van der Waals surface area (Å²) in [4.78, 5) is 24.6. The normalized spacial score (nSPS) is 15.5. The van der Waals surface area contributed by atoms with E-state index in [-0.39, 0.29) is 36.0 Å². The predicted molar refractivity (Wildman–Crippen MR) is 117 cm³/mol. The Hall–Kier alpha value is -4.25. The first kappa shape index (κ1) is 22.4. The average molecular weight is 433 g/mol. The second kappa shape index (κ2) is 10.2. The molecule has 164 valence electrons. The van der Waals surface area contributed by atoms with Crippen LogP contribution in [0, 0.1) is 11.3 Å². The highest BCUT2D eigenvalue weighted by Gasteiger charge is 2.36. The van der Waals surface area contributed by atoms with E-state index < -0.39 is 18.0 Å². The van der Waals surface area contributed by atoms with E-state index in [0.717, 1.165) is 5.56 Å². The fourth-order valence-electron chi connectivity index (χ4n) is 3.32. The highest BCUT2D eigenvalue weighted by atomic mass is 16.5. The lowest BCUT2D eigenvalue weighted by molar-refractivity contribution is -0.139. The Balaban J connectivity index is 1.77. The zero-order valence-electron chi connectivity index (χ0n) is 17.8. The summed E-state index contributed by atoms with van der Waals surface area (Å²) >= 11 is 0. The number of nitrogens with two attached hydrogens (primary N) is 1. The fourth-order valence-corrected chi connectivity index (χ4v) is 3.32. The standard InChI is InChI=1S/C24H23N3O5/c1-3-30-23(28)20-15(2)32-22(26)19(13-25)21(20)17-9-11-18(12-10-17)27-24(29)31-14-16-7-5-4-6-8-16/h4-12,21H,3,14,26H2,1-2H3,(H,27,29). The third-order valence-corrected chi connectivity index (χ3v) is 4.80. The molecule has 0 fully saturated rings. The monoisotopic (exact) mass is 433 g/mol. The minimum atomic E-state index is -0.744. The summed E-state index contributed by atoms with van der Waals surface area (Å²) in [7, 11) is 0. The summed E-state index contributed by atoms with van der Waals surface area (Å²) < 4.78 is 15.8. The molecule has 2 aromatic rings. The molecular weight excluding hydrogens is 410 g/mol. The van der Waals surface area contributed by atoms with Crippen LogP contribution in [-0.2, 0) is 25.6 Å². The van der Waals surface area contributed by atoms with Crippen molar-refractivity contribution >= 4 is 17.7 Å². The Labute approximate surface area is 185 Å². The summed E-state index contributed by atoms with van der Waals surface area (Å²) in [5, 5.41) is 12.3. The van der Waals surface area contributed by atoms with Crippen LogP contribution in [0.4, 0.5) is 10.5 Å². The molecule has 1 amide bonds. The van der Waals surface area contributed by atoms with E-state index in [1.165, 1.54) is 0 Å². The molecular formula is C24H23N3O5. The molecule has 1 aliphatic rings. The summed E-state index contributed by atoms with van der Waals surface area (Å²) in [6.45, 7) is 3.62. The third-order valence-electron chi connectivity index (χ3n) is 4.80. The Bertz CT molecular complexity index is 1100. The Morgan fingerprint density at radius 3 is 2.44 bits per heavy atom. The number of ether oxygens (including phenoxy) is 3. The molecule has 3 rings (SSSR count). The average Bonchev–Trinajstić information content (AvgIpc) is 2.78. The summed E-state index contributed by atoms with van der Waals surface area (Å²) in [5.74, 6) is -1.11. The molecule has 0 bridgehead atoms. The zero-order valence-corrected chi connectivity index (χ0v) is 17.8. The quantitative estimate of drug-likeness (QED) is 0.658. The molecule has 0 radical (unpaired) electrons. The van der Waals surface area contributed by atoms with Crippen LogP contribution in [0.25, 0.3) is 0 Å².